The second-order valence-corrected chi connectivity index (χ2v) is 4.99. The molecule has 0 aromatic heterocycles. The minimum Gasteiger partial charge on any atom is -0.309 e. The lowest BCUT2D eigenvalue weighted by atomic mass is 9.98. The molecule has 2 aromatic rings. The first-order valence-corrected chi connectivity index (χ1v) is 6.49. The third-order valence-electron chi connectivity index (χ3n) is 3.57. The number of rotatable bonds is 2. The molecule has 0 radical (unpaired) electrons. The number of hydrogen-bond acceptors (Lipinski definition) is 2. The van der Waals surface area contributed by atoms with Gasteiger partial charge in [-0.1, -0.05) is 24.3 Å². The van der Waals surface area contributed by atoms with E-state index in [9.17, 15) is 18.0 Å². The Kier molecular flexibility index (Phi) is 3.29. The Hall–Kier alpha value is -2.14. The Morgan fingerprint density at radius 2 is 1.52 bits per heavy atom. The summed E-state index contributed by atoms with van der Waals surface area (Å²) in [6, 6.07) is 9.70. The Morgan fingerprint density at radius 3 is 2.19 bits per heavy atom. The molecule has 1 heterocycles. The minimum atomic E-state index is -4.39. The lowest BCUT2D eigenvalue weighted by Crippen LogP contribution is -2.07. The third kappa shape index (κ3) is 2.69. The number of fused-ring (bicyclic) bond motifs is 1. The second-order valence-electron chi connectivity index (χ2n) is 4.99. The number of ketones is 1. The molecule has 0 saturated heterocycles. The van der Waals surface area contributed by atoms with Gasteiger partial charge in [-0.2, -0.15) is 13.2 Å². The van der Waals surface area contributed by atoms with Gasteiger partial charge in [0.2, 0.25) is 0 Å². The summed E-state index contributed by atoms with van der Waals surface area (Å²) in [7, 11) is 0. The van der Waals surface area contributed by atoms with E-state index in [1.807, 2.05) is 6.07 Å². The third-order valence-corrected chi connectivity index (χ3v) is 3.57. The van der Waals surface area contributed by atoms with Gasteiger partial charge in [-0.25, -0.2) is 0 Å². The van der Waals surface area contributed by atoms with E-state index in [0.717, 1.165) is 29.8 Å². The molecule has 5 heteroatoms. The molecule has 1 aliphatic heterocycles. The normalized spacial score (nSPS) is 14.0. The molecule has 0 bridgehead atoms. The number of alkyl halides is 3. The monoisotopic (exact) mass is 291 g/mol. The van der Waals surface area contributed by atoms with E-state index in [4.69, 9.17) is 0 Å². The van der Waals surface area contributed by atoms with Crippen LogP contribution in [0.1, 0.15) is 32.6 Å². The molecule has 3 rings (SSSR count). The molecule has 21 heavy (non-hydrogen) atoms. The quantitative estimate of drug-likeness (QED) is 0.857. The zero-order valence-corrected chi connectivity index (χ0v) is 11.0. The van der Waals surface area contributed by atoms with E-state index in [2.05, 4.69) is 5.32 Å². The maximum Gasteiger partial charge on any atom is 0.416 e. The van der Waals surface area contributed by atoms with Crippen LogP contribution in [0.25, 0.3) is 0 Å². The van der Waals surface area contributed by atoms with Gasteiger partial charge < -0.3 is 5.32 Å². The summed E-state index contributed by atoms with van der Waals surface area (Å²) < 4.78 is 37.5. The van der Waals surface area contributed by atoms with Gasteiger partial charge in [-0.05, 0) is 29.3 Å². The van der Waals surface area contributed by atoms with Crippen LogP contribution < -0.4 is 5.32 Å². The first-order chi connectivity index (χ1) is 9.95. The Morgan fingerprint density at radius 1 is 0.905 bits per heavy atom. The molecule has 0 unspecified atom stereocenters. The van der Waals surface area contributed by atoms with Crippen LogP contribution in [0, 0.1) is 0 Å². The first kappa shape index (κ1) is 13.8. The molecule has 0 atom stereocenters. The number of halogens is 3. The molecule has 0 amide bonds. The van der Waals surface area contributed by atoms with Crippen LogP contribution in [0.3, 0.4) is 0 Å². The average Bonchev–Trinajstić information content (AvgIpc) is 2.93. The van der Waals surface area contributed by atoms with Crippen LogP contribution in [-0.4, -0.2) is 5.78 Å². The summed E-state index contributed by atoms with van der Waals surface area (Å²) in [5.74, 6) is -0.265. The van der Waals surface area contributed by atoms with E-state index in [0.29, 0.717) is 12.1 Å². The highest BCUT2D eigenvalue weighted by molar-refractivity contribution is 6.09. The van der Waals surface area contributed by atoms with Gasteiger partial charge in [-0.3, -0.25) is 4.79 Å². The zero-order valence-electron chi connectivity index (χ0n) is 11.0. The summed E-state index contributed by atoms with van der Waals surface area (Å²) in [4.78, 5) is 12.3. The number of nitrogens with one attached hydrogen (secondary N) is 1. The van der Waals surface area contributed by atoms with Crippen molar-refractivity contribution in [2.24, 2.45) is 0 Å². The number of benzene rings is 2. The van der Waals surface area contributed by atoms with Crippen LogP contribution in [-0.2, 0) is 19.3 Å². The van der Waals surface area contributed by atoms with Crippen molar-refractivity contribution in [3.8, 4) is 0 Å². The average molecular weight is 291 g/mol. The van der Waals surface area contributed by atoms with Gasteiger partial charge >= 0.3 is 6.18 Å². The first-order valence-electron chi connectivity index (χ1n) is 6.49. The van der Waals surface area contributed by atoms with Crippen molar-refractivity contribution in [2.45, 2.75) is 19.3 Å². The molecule has 2 nitrogen and oxygen atoms in total. The standard InChI is InChI=1S/C16H12F3NO/c17-16(18,19)14-5-3-10(4-6-14)15(21)11-1-2-12-8-20-9-13(12)7-11/h1-7,20H,8-9H2. The van der Waals surface area contributed by atoms with Gasteiger partial charge in [0.05, 0.1) is 5.56 Å². The topological polar surface area (TPSA) is 29.1 Å². The molecule has 1 N–H and O–H groups in total. The van der Waals surface area contributed by atoms with Crippen molar-refractivity contribution in [3.05, 3.63) is 70.3 Å². The van der Waals surface area contributed by atoms with Crippen molar-refractivity contribution in [2.75, 3.05) is 0 Å². The van der Waals surface area contributed by atoms with Gasteiger partial charge in [-0.15, -0.1) is 0 Å². The maximum atomic E-state index is 12.5. The Labute approximate surface area is 119 Å². The summed E-state index contributed by atoms with van der Waals surface area (Å²) in [5, 5.41) is 3.18. The van der Waals surface area contributed by atoms with Gasteiger partial charge in [0.1, 0.15) is 0 Å². The van der Waals surface area contributed by atoms with Gasteiger partial charge in [0.25, 0.3) is 0 Å². The predicted molar refractivity (Wildman–Crippen MR) is 71.9 cm³/mol. The van der Waals surface area contributed by atoms with Crippen molar-refractivity contribution >= 4 is 5.78 Å². The SMILES string of the molecule is O=C(c1ccc(C(F)(F)F)cc1)c1ccc2c(c1)CNC2. The van der Waals surface area contributed by atoms with Crippen molar-refractivity contribution in [3.63, 3.8) is 0 Å². The maximum absolute atomic E-state index is 12.5. The Balaban J connectivity index is 1.88. The van der Waals surface area contributed by atoms with Crippen LogP contribution in [0.5, 0.6) is 0 Å². The highest BCUT2D eigenvalue weighted by Gasteiger charge is 2.30. The lowest BCUT2D eigenvalue weighted by Gasteiger charge is -2.08. The summed E-state index contributed by atoms with van der Waals surface area (Å²) in [5.41, 5.74) is 2.22. The lowest BCUT2D eigenvalue weighted by molar-refractivity contribution is -0.137. The van der Waals surface area contributed by atoms with Crippen LogP contribution >= 0.6 is 0 Å². The molecule has 108 valence electrons. The van der Waals surface area contributed by atoms with Gasteiger partial charge in [0.15, 0.2) is 5.78 Å². The fraction of sp³-hybridized carbons (Fsp3) is 0.188. The number of carbonyl (C=O) groups excluding carboxylic acids is 1. The predicted octanol–water partition coefficient (Wildman–Crippen LogP) is 3.54. The van der Waals surface area contributed by atoms with E-state index >= 15 is 0 Å². The number of carbonyl (C=O) groups is 1. The second kappa shape index (κ2) is 5.00. The minimum absolute atomic E-state index is 0.258. The highest BCUT2D eigenvalue weighted by Crippen LogP contribution is 2.29. The fourth-order valence-electron chi connectivity index (χ4n) is 2.41. The van der Waals surface area contributed by atoms with Gasteiger partial charge in [0, 0.05) is 24.2 Å². The molecule has 0 aliphatic carbocycles. The molecular formula is C16H12F3NO. The number of hydrogen-bond donors (Lipinski definition) is 1. The van der Waals surface area contributed by atoms with E-state index in [1.165, 1.54) is 12.1 Å². The van der Waals surface area contributed by atoms with E-state index in [1.54, 1.807) is 12.1 Å². The fourth-order valence-corrected chi connectivity index (χ4v) is 2.41. The highest BCUT2D eigenvalue weighted by atomic mass is 19.4. The van der Waals surface area contributed by atoms with E-state index in [-0.39, 0.29) is 11.3 Å². The zero-order chi connectivity index (χ0) is 15.0. The molecule has 2 aromatic carbocycles. The van der Waals surface area contributed by atoms with Crippen molar-refractivity contribution < 1.29 is 18.0 Å². The Bertz CT molecular complexity index is 690. The summed E-state index contributed by atoms with van der Waals surface area (Å²) in [6.45, 7) is 1.49. The molecule has 0 spiro atoms. The van der Waals surface area contributed by atoms with Crippen molar-refractivity contribution in [1.82, 2.24) is 5.32 Å². The van der Waals surface area contributed by atoms with Crippen LogP contribution in [0.4, 0.5) is 13.2 Å². The van der Waals surface area contributed by atoms with Crippen LogP contribution in [0.2, 0.25) is 0 Å². The molecular weight excluding hydrogens is 279 g/mol. The summed E-state index contributed by atoms with van der Waals surface area (Å²) in [6.07, 6.45) is -4.39. The molecule has 0 fully saturated rings. The smallest absolute Gasteiger partial charge is 0.309 e. The van der Waals surface area contributed by atoms with Crippen molar-refractivity contribution in [1.29, 1.82) is 0 Å². The van der Waals surface area contributed by atoms with E-state index < -0.39 is 11.7 Å². The molecule has 0 saturated carbocycles. The largest absolute Gasteiger partial charge is 0.416 e. The van der Waals surface area contributed by atoms with Crippen LogP contribution in [0.15, 0.2) is 42.5 Å². The summed E-state index contributed by atoms with van der Waals surface area (Å²) >= 11 is 0. The molecule has 1 aliphatic rings.